The van der Waals surface area contributed by atoms with E-state index < -0.39 is 0 Å². The summed E-state index contributed by atoms with van der Waals surface area (Å²) in [7, 11) is 0. The highest BCUT2D eigenvalue weighted by molar-refractivity contribution is 6.13. The van der Waals surface area contributed by atoms with E-state index in [-0.39, 0.29) is 0 Å². The van der Waals surface area contributed by atoms with Crippen molar-refractivity contribution in [2.24, 2.45) is 0 Å². The van der Waals surface area contributed by atoms with Gasteiger partial charge in [-0.15, -0.1) is 0 Å². The zero-order chi connectivity index (χ0) is 38.6. The zero-order valence-electron chi connectivity index (χ0n) is 31.0. The fourth-order valence-electron chi connectivity index (χ4n) is 8.14. The standard InChI is InChI=1S/C52H31N5O/c1-53-39-19-10-17-36(29-39)41-22-12-24-47-49(41)43-27-25-38(32-48(43)58-47)52-55-50(34-15-6-3-7-16-34)54-51(56-52)37-18-11-20-40(30-37)57-45-23-9-8-21-42(45)44-31-35(26-28-46(44)57)33-13-4-2-5-14-33/h2-32H. The monoisotopic (exact) mass is 741 g/mol. The lowest BCUT2D eigenvalue weighted by Crippen LogP contribution is -2.01. The first kappa shape index (κ1) is 33.2. The topological polar surface area (TPSA) is 61.1 Å². The van der Waals surface area contributed by atoms with Gasteiger partial charge in [0.05, 0.1) is 17.6 Å². The van der Waals surface area contributed by atoms with Crippen LogP contribution in [0.3, 0.4) is 0 Å². The van der Waals surface area contributed by atoms with Crippen molar-refractivity contribution in [3.05, 3.63) is 199 Å². The van der Waals surface area contributed by atoms with Crippen molar-refractivity contribution in [1.29, 1.82) is 0 Å². The van der Waals surface area contributed by atoms with Crippen LogP contribution >= 0.6 is 0 Å². The molecule has 270 valence electrons. The van der Waals surface area contributed by atoms with E-state index in [2.05, 4.69) is 125 Å². The molecule has 0 atom stereocenters. The van der Waals surface area contributed by atoms with Crippen LogP contribution in [0.4, 0.5) is 5.69 Å². The maximum absolute atomic E-state index is 7.53. The third-order valence-electron chi connectivity index (χ3n) is 10.9. The molecule has 11 rings (SSSR count). The maximum atomic E-state index is 7.53. The van der Waals surface area contributed by atoms with Gasteiger partial charge in [0.1, 0.15) is 11.2 Å². The second-order valence-corrected chi connectivity index (χ2v) is 14.3. The van der Waals surface area contributed by atoms with Crippen LogP contribution in [-0.2, 0) is 0 Å². The van der Waals surface area contributed by atoms with Crippen molar-refractivity contribution >= 4 is 49.4 Å². The Balaban J connectivity index is 1.05. The van der Waals surface area contributed by atoms with Gasteiger partial charge in [-0.1, -0.05) is 133 Å². The summed E-state index contributed by atoms with van der Waals surface area (Å²) >= 11 is 0. The van der Waals surface area contributed by atoms with Gasteiger partial charge in [-0.2, -0.15) is 0 Å². The molecule has 3 heterocycles. The van der Waals surface area contributed by atoms with Crippen LogP contribution < -0.4 is 0 Å². The average molecular weight is 742 g/mol. The molecular weight excluding hydrogens is 711 g/mol. The van der Waals surface area contributed by atoms with Crippen molar-refractivity contribution < 1.29 is 4.42 Å². The number of para-hydroxylation sites is 1. The molecule has 0 saturated heterocycles. The van der Waals surface area contributed by atoms with Crippen molar-refractivity contribution in [3.8, 4) is 62.1 Å². The van der Waals surface area contributed by atoms with E-state index >= 15 is 0 Å². The van der Waals surface area contributed by atoms with Crippen LogP contribution in [0.1, 0.15) is 0 Å². The van der Waals surface area contributed by atoms with Crippen LogP contribution in [0.5, 0.6) is 0 Å². The number of fused-ring (bicyclic) bond motifs is 6. The van der Waals surface area contributed by atoms with E-state index in [0.29, 0.717) is 23.2 Å². The summed E-state index contributed by atoms with van der Waals surface area (Å²) in [5, 5.41) is 4.38. The third-order valence-corrected chi connectivity index (χ3v) is 10.9. The Labute approximate surface area is 333 Å². The lowest BCUT2D eigenvalue weighted by Gasteiger charge is -2.12. The molecule has 6 heteroatoms. The summed E-state index contributed by atoms with van der Waals surface area (Å²) in [6, 6.07) is 64.2. The lowest BCUT2D eigenvalue weighted by atomic mass is 9.98. The SMILES string of the molecule is [C-]#[N+]c1cccc(-c2cccc3oc4cc(-c5nc(-c6ccccc6)nc(-c6cccc(-n7c8ccccc8c8cc(-c9ccccc9)ccc87)c6)n5)ccc4c23)c1. The Bertz CT molecular complexity index is 3410. The third kappa shape index (κ3) is 5.61. The minimum atomic E-state index is 0.548. The van der Waals surface area contributed by atoms with Gasteiger partial charge in [-0.05, 0) is 76.9 Å². The van der Waals surface area contributed by atoms with Crippen LogP contribution in [0.25, 0.3) is 111 Å². The summed E-state index contributed by atoms with van der Waals surface area (Å²) in [5.74, 6) is 1.71. The molecule has 0 radical (unpaired) electrons. The molecule has 0 saturated carbocycles. The molecule has 3 aromatic heterocycles. The van der Waals surface area contributed by atoms with Gasteiger partial charge in [-0.25, -0.2) is 19.8 Å². The molecule has 0 N–H and O–H groups in total. The molecule has 6 nitrogen and oxygen atoms in total. The molecule has 11 aromatic rings. The summed E-state index contributed by atoms with van der Waals surface area (Å²) in [6.45, 7) is 7.53. The Morgan fingerprint density at radius 1 is 0.414 bits per heavy atom. The number of hydrogen-bond acceptors (Lipinski definition) is 4. The van der Waals surface area contributed by atoms with Gasteiger partial charge in [-0.3, -0.25) is 0 Å². The molecule has 0 aliphatic rings. The van der Waals surface area contributed by atoms with Gasteiger partial charge >= 0.3 is 0 Å². The fraction of sp³-hybridized carbons (Fsp3) is 0. The lowest BCUT2D eigenvalue weighted by molar-refractivity contribution is 0.669. The molecule has 58 heavy (non-hydrogen) atoms. The molecule has 0 aliphatic carbocycles. The van der Waals surface area contributed by atoms with Crippen molar-refractivity contribution in [2.75, 3.05) is 0 Å². The van der Waals surface area contributed by atoms with E-state index in [1.54, 1.807) is 0 Å². The normalized spacial score (nSPS) is 11.4. The molecule has 0 spiro atoms. The highest BCUT2D eigenvalue weighted by Crippen LogP contribution is 2.40. The highest BCUT2D eigenvalue weighted by atomic mass is 16.3. The van der Waals surface area contributed by atoms with E-state index in [1.165, 1.54) is 21.9 Å². The van der Waals surface area contributed by atoms with Crippen LogP contribution in [0, 0.1) is 6.57 Å². The largest absolute Gasteiger partial charge is 0.456 e. The molecule has 0 bridgehead atoms. The average Bonchev–Trinajstić information content (AvgIpc) is 3.85. The molecule has 8 aromatic carbocycles. The minimum Gasteiger partial charge on any atom is -0.456 e. The number of furan rings is 1. The van der Waals surface area contributed by atoms with Gasteiger partial charge in [0.25, 0.3) is 0 Å². The Morgan fingerprint density at radius 2 is 1.05 bits per heavy atom. The Hall–Kier alpha value is -8.14. The van der Waals surface area contributed by atoms with E-state index in [4.69, 9.17) is 25.9 Å². The van der Waals surface area contributed by atoms with Crippen LogP contribution in [0.2, 0.25) is 0 Å². The molecule has 0 fully saturated rings. The first-order valence-electron chi connectivity index (χ1n) is 19.1. The smallest absolute Gasteiger partial charge is 0.187 e. The summed E-state index contributed by atoms with van der Waals surface area (Å²) < 4.78 is 8.81. The van der Waals surface area contributed by atoms with E-state index in [9.17, 15) is 0 Å². The van der Waals surface area contributed by atoms with Gasteiger partial charge in [0, 0.05) is 43.9 Å². The van der Waals surface area contributed by atoms with Crippen LogP contribution in [0.15, 0.2) is 192 Å². The quantitative estimate of drug-likeness (QED) is 0.159. The van der Waals surface area contributed by atoms with Crippen molar-refractivity contribution in [1.82, 2.24) is 19.5 Å². The van der Waals surface area contributed by atoms with Crippen LogP contribution in [-0.4, -0.2) is 19.5 Å². The second kappa shape index (κ2) is 13.6. The number of rotatable bonds is 6. The molecular formula is C52H31N5O. The summed E-state index contributed by atoms with van der Waals surface area (Å²) in [4.78, 5) is 18.9. The zero-order valence-corrected chi connectivity index (χ0v) is 31.0. The predicted octanol–water partition coefficient (Wildman–Crippen LogP) is 13.8. The predicted molar refractivity (Wildman–Crippen MR) is 235 cm³/mol. The molecule has 0 unspecified atom stereocenters. The summed E-state index contributed by atoms with van der Waals surface area (Å²) in [5.41, 5.74) is 12.3. The second-order valence-electron chi connectivity index (χ2n) is 14.3. The van der Waals surface area contributed by atoms with Crippen molar-refractivity contribution in [3.63, 3.8) is 0 Å². The number of hydrogen-bond donors (Lipinski definition) is 0. The van der Waals surface area contributed by atoms with Gasteiger partial charge < -0.3 is 8.98 Å². The van der Waals surface area contributed by atoms with E-state index in [0.717, 1.165) is 66.5 Å². The van der Waals surface area contributed by atoms with Gasteiger partial charge in [0.2, 0.25) is 0 Å². The summed E-state index contributed by atoms with van der Waals surface area (Å²) in [6.07, 6.45) is 0. The minimum absolute atomic E-state index is 0.548. The first-order valence-corrected chi connectivity index (χ1v) is 19.1. The molecule has 0 amide bonds. The Kier molecular flexibility index (Phi) is 7.76. The number of aromatic nitrogens is 4. The van der Waals surface area contributed by atoms with Gasteiger partial charge in [0.15, 0.2) is 23.2 Å². The first-order chi connectivity index (χ1) is 28.7. The number of benzene rings is 8. The Morgan fingerprint density at radius 3 is 1.86 bits per heavy atom. The highest BCUT2D eigenvalue weighted by Gasteiger charge is 2.18. The van der Waals surface area contributed by atoms with Crippen molar-refractivity contribution in [2.45, 2.75) is 0 Å². The maximum Gasteiger partial charge on any atom is 0.187 e. The molecule has 0 aliphatic heterocycles. The fourth-order valence-corrected chi connectivity index (χ4v) is 8.14. The number of nitrogens with zero attached hydrogens (tertiary/aromatic N) is 5. The van der Waals surface area contributed by atoms with E-state index in [1.807, 2.05) is 72.8 Å².